The number of halogens is 2. The van der Waals surface area contributed by atoms with E-state index in [0.29, 0.717) is 6.42 Å². The summed E-state index contributed by atoms with van der Waals surface area (Å²) < 4.78 is 34.4. The fourth-order valence-electron chi connectivity index (χ4n) is 3.62. The Labute approximate surface area is 158 Å². The van der Waals surface area contributed by atoms with Crippen molar-refractivity contribution in [1.29, 1.82) is 0 Å². The second-order valence-electron chi connectivity index (χ2n) is 8.28. The zero-order valence-electron chi connectivity index (χ0n) is 16.1. The molecule has 1 saturated carbocycles. The second kappa shape index (κ2) is 6.95. The molecule has 1 fully saturated rings. The van der Waals surface area contributed by atoms with Gasteiger partial charge in [-0.2, -0.15) is 0 Å². The fourth-order valence-corrected chi connectivity index (χ4v) is 3.62. The molecule has 5 heteroatoms. The maximum Gasteiger partial charge on any atom is 0.407 e. The Kier molecular flexibility index (Phi) is 4.98. The summed E-state index contributed by atoms with van der Waals surface area (Å²) in [5, 5.41) is 2.71. The molecule has 3 rings (SSSR count). The maximum absolute atomic E-state index is 14.6. The molecule has 0 radical (unpaired) electrons. The van der Waals surface area contributed by atoms with Crippen molar-refractivity contribution < 1.29 is 18.3 Å². The summed E-state index contributed by atoms with van der Waals surface area (Å²) in [7, 11) is 0. The molecule has 3 nitrogen and oxygen atoms in total. The lowest BCUT2D eigenvalue weighted by atomic mass is 9.89. The fraction of sp³-hybridized carbons (Fsp3) is 0.409. The molecule has 0 saturated heterocycles. The summed E-state index contributed by atoms with van der Waals surface area (Å²) in [6.45, 7) is 7.41. The third-order valence-electron chi connectivity index (χ3n) is 4.96. The standard InChI is InChI=1S/C22H25F2NO2/c1-14-8-10-15(11-9-14)16-12-22(16,13-25-20(26)27-21(2,3)4)19-17(23)6-5-7-18(19)24/h5-11,16H,12-13H2,1-4H3,(H,25,26)/t16-,22-/m1/s1. The van der Waals surface area contributed by atoms with Crippen LogP contribution in [0.3, 0.4) is 0 Å². The zero-order valence-corrected chi connectivity index (χ0v) is 16.1. The van der Waals surface area contributed by atoms with Crippen LogP contribution in [0, 0.1) is 18.6 Å². The van der Waals surface area contributed by atoms with E-state index in [1.165, 1.54) is 18.2 Å². The van der Waals surface area contributed by atoms with Crippen LogP contribution in [0.25, 0.3) is 0 Å². The van der Waals surface area contributed by atoms with Crippen LogP contribution in [0.1, 0.15) is 49.8 Å². The van der Waals surface area contributed by atoms with Gasteiger partial charge in [-0.3, -0.25) is 0 Å². The van der Waals surface area contributed by atoms with Crippen LogP contribution in [0.15, 0.2) is 42.5 Å². The largest absolute Gasteiger partial charge is 0.444 e. The molecule has 2 atom stereocenters. The first-order chi connectivity index (χ1) is 12.6. The summed E-state index contributed by atoms with van der Waals surface area (Å²) in [6.07, 6.45) is -0.0304. The van der Waals surface area contributed by atoms with E-state index >= 15 is 0 Å². The number of alkyl carbamates (subject to hydrolysis) is 1. The normalized spacial score (nSPS) is 21.6. The van der Waals surface area contributed by atoms with Gasteiger partial charge in [-0.1, -0.05) is 35.9 Å². The predicted octanol–water partition coefficient (Wildman–Crippen LogP) is 5.22. The van der Waals surface area contributed by atoms with E-state index in [9.17, 15) is 13.6 Å². The maximum atomic E-state index is 14.6. The van der Waals surface area contributed by atoms with Crippen LogP contribution in [0.2, 0.25) is 0 Å². The Bertz CT molecular complexity index is 822. The lowest BCUT2D eigenvalue weighted by Gasteiger charge is -2.23. The third kappa shape index (κ3) is 4.12. The van der Waals surface area contributed by atoms with Gasteiger partial charge in [-0.05, 0) is 57.7 Å². The van der Waals surface area contributed by atoms with Crippen molar-refractivity contribution in [1.82, 2.24) is 5.32 Å². The van der Waals surface area contributed by atoms with Crippen molar-refractivity contribution in [3.63, 3.8) is 0 Å². The first-order valence-corrected chi connectivity index (χ1v) is 9.10. The van der Waals surface area contributed by atoms with Crippen LogP contribution >= 0.6 is 0 Å². The summed E-state index contributed by atoms with van der Waals surface area (Å²) in [4.78, 5) is 12.1. The minimum Gasteiger partial charge on any atom is -0.444 e. The van der Waals surface area contributed by atoms with Gasteiger partial charge in [0, 0.05) is 17.5 Å². The first-order valence-electron chi connectivity index (χ1n) is 9.10. The van der Waals surface area contributed by atoms with Gasteiger partial charge in [0.15, 0.2) is 0 Å². The lowest BCUT2D eigenvalue weighted by molar-refractivity contribution is 0.0521. The number of ether oxygens (including phenoxy) is 1. The number of amides is 1. The molecule has 1 aliphatic carbocycles. The predicted molar refractivity (Wildman–Crippen MR) is 101 cm³/mol. The van der Waals surface area contributed by atoms with Gasteiger partial charge < -0.3 is 10.1 Å². The Balaban J connectivity index is 1.90. The molecule has 27 heavy (non-hydrogen) atoms. The molecule has 1 amide bonds. The van der Waals surface area contributed by atoms with Crippen molar-refractivity contribution in [2.75, 3.05) is 6.54 Å². The Morgan fingerprint density at radius 2 is 1.74 bits per heavy atom. The summed E-state index contributed by atoms with van der Waals surface area (Å²) in [6, 6.07) is 11.8. The molecule has 0 aromatic heterocycles. The SMILES string of the molecule is Cc1ccc([C@H]2C[C@]2(CNC(=O)OC(C)(C)C)c2c(F)cccc2F)cc1. The molecule has 0 aliphatic heterocycles. The number of carbonyl (C=O) groups excluding carboxylic acids is 1. The minimum absolute atomic E-state index is 0.0339. The Morgan fingerprint density at radius 3 is 2.30 bits per heavy atom. The molecule has 0 bridgehead atoms. The van der Waals surface area contributed by atoms with Crippen LogP contribution in [-0.2, 0) is 10.2 Å². The highest BCUT2D eigenvalue weighted by atomic mass is 19.1. The average molecular weight is 373 g/mol. The number of aryl methyl sites for hydroxylation is 1. The quantitative estimate of drug-likeness (QED) is 0.798. The molecule has 1 aliphatic rings. The van der Waals surface area contributed by atoms with Crippen molar-refractivity contribution in [3.05, 3.63) is 70.8 Å². The molecule has 2 aromatic rings. The summed E-state index contributed by atoms with van der Waals surface area (Å²) in [5.74, 6) is -1.24. The van der Waals surface area contributed by atoms with Crippen LogP contribution in [0.5, 0.6) is 0 Å². The van der Waals surface area contributed by atoms with Gasteiger partial charge >= 0.3 is 6.09 Å². The summed E-state index contributed by atoms with van der Waals surface area (Å²) in [5.41, 5.74) is 0.706. The highest BCUT2D eigenvalue weighted by Crippen LogP contribution is 2.61. The highest BCUT2D eigenvalue weighted by molar-refractivity contribution is 5.68. The van der Waals surface area contributed by atoms with E-state index in [1.807, 2.05) is 31.2 Å². The van der Waals surface area contributed by atoms with Crippen molar-refractivity contribution in [3.8, 4) is 0 Å². The molecule has 2 aromatic carbocycles. The van der Waals surface area contributed by atoms with Gasteiger partial charge in [0.25, 0.3) is 0 Å². The second-order valence-corrected chi connectivity index (χ2v) is 8.28. The van der Waals surface area contributed by atoms with E-state index in [0.717, 1.165) is 11.1 Å². The van der Waals surface area contributed by atoms with Crippen molar-refractivity contribution in [2.24, 2.45) is 0 Å². The first kappa shape index (κ1) is 19.3. The molecule has 0 unspecified atom stereocenters. The number of rotatable bonds is 4. The van der Waals surface area contributed by atoms with E-state index in [2.05, 4.69) is 5.32 Å². The average Bonchev–Trinajstić information content (AvgIpc) is 3.27. The smallest absolute Gasteiger partial charge is 0.407 e. The zero-order chi connectivity index (χ0) is 19.8. The Morgan fingerprint density at radius 1 is 1.15 bits per heavy atom. The monoisotopic (exact) mass is 373 g/mol. The van der Waals surface area contributed by atoms with Crippen molar-refractivity contribution in [2.45, 2.75) is 51.0 Å². The van der Waals surface area contributed by atoms with E-state index < -0.39 is 28.7 Å². The Hall–Kier alpha value is -2.43. The van der Waals surface area contributed by atoms with Crippen molar-refractivity contribution >= 4 is 6.09 Å². The number of hydrogen-bond donors (Lipinski definition) is 1. The van der Waals surface area contributed by atoms with Crippen LogP contribution in [0.4, 0.5) is 13.6 Å². The van der Waals surface area contributed by atoms with Crippen LogP contribution in [-0.4, -0.2) is 18.2 Å². The number of nitrogens with one attached hydrogen (secondary N) is 1. The van der Waals surface area contributed by atoms with E-state index in [-0.39, 0.29) is 18.0 Å². The van der Waals surface area contributed by atoms with Gasteiger partial charge in [-0.25, -0.2) is 13.6 Å². The molecule has 0 spiro atoms. The van der Waals surface area contributed by atoms with Crippen LogP contribution < -0.4 is 5.32 Å². The van der Waals surface area contributed by atoms with Gasteiger partial charge in [0.2, 0.25) is 0 Å². The van der Waals surface area contributed by atoms with Gasteiger partial charge in [-0.15, -0.1) is 0 Å². The molecule has 0 heterocycles. The molecule has 1 N–H and O–H groups in total. The topological polar surface area (TPSA) is 38.3 Å². The molecular weight excluding hydrogens is 348 g/mol. The van der Waals surface area contributed by atoms with E-state index in [4.69, 9.17) is 4.74 Å². The van der Waals surface area contributed by atoms with Gasteiger partial charge in [0.1, 0.15) is 17.2 Å². The summed E-state index contributed by atoms with van der Waals surface area (Å²) >= 11 is 0. The lowest BCUT2D eigenvalue weighted by Crippen LogP contribution is -2.38. The minimum atomic E-state index is -0.818. The van der Waals surface area contributed by atoms with E-state index in [1.54, 1.807) is 20.8 Å². The molecule has 144 valence electrons. The number of hydrogen-bond acceptors (Lipinski definition) is 2. The number of benzene rings is 2. The molecular formula is C22H25F2NO2. The highest BCUT2D eigenvalue weighted by Gasteiger charge is 2.58. The van der Waals surface area contributed by atoms with Gasteiger partial charge in [0.05, 0.1) is 0 Å². The third-order valence-corrected chi connectivity index (χ3v) is 4.96. The number of carbonyl (C=O) groups is 1.